The maximum absolute atomic E-state index is 9.54. The molecule has 0 heterocycles. The van der Waals surface area contributed by atoms with Crippen molar-refractivity contribution in [2.24, 2.45) is 34.5 Å². The fraction of sp³-hybridized carbons (Fsp3) is 0.850. The Morgan fingerprint density at radius 2 is 1.95 bits per heavy atom. The molecule has 114 valence electrons. The molecule has 6 atom stereocenters. The molecule has 1 nitrogen and oxygen atoms in total. The molecule has 0 aliphatic heterocycles. The van der Waals surface area contributed by atoms with Crippen molar-refractivity contribution in [3.8, 4) is 6.07 Å². The van der Waals surface area contributed by atoms with Crippen molar-refractivity contribution in [1.29, 1.82) is 5.26 Å². The lowest BCUT2D eigenvalue weighted by Gasteiger charge is -2.57. The predicted molar refractivity (Wildman–Crippen MR) is 85.4 cm³/mol. The zero-order valence-corrected chi connectivity index (χ0v) is 13.7. The van der Waals surface area contributed by atoms with Gasteiger partial charge >= 0.3 is 0 Å². The molecule has 0 amide bonds. The Morgan fingerprint density at radius 1 is 1.10 bits per heavy atom. The lowest BCUT2D eigenvalue weighted by atomic mass is 9.47. The van der Waals surface area contributed by atoms with E-state index in [9.17, 15) is 5.26 Å². The van der Waals surface area contributed by atoms with Crippen LogP contribution >= 0.6 is 0 Å². The van der Waals surface area contributed by atoms with E-state index in [4.69, 9.17) is 0 Å². The van der Waals surface area contributed by atoms with Crippen molar-refractivity contribution in [2.75, 3.05) is 0 Å². The van der Waals surface area contributed by atoms with E-state index < -0.39 is 0 Å². The summed E-state index contributed by atoms with van der Waals surface area (Å²) in [7, 11) is 0. The third-order valence-corrected chi connectivity index (χ3v) is 8.17. The molecule has 0 unspecified atom stereocenters. The molecule has 0 aromatic carbocycles. The SMILES string of the molecule is C[C@]12CC[C@H]3[C@@H](CC=C4CCCC[C@@]43C)[C@@H]1CC[C@@H]2C#N. The second kappa shape index (κ2) is 4.61. The van der Waals surface area contributed by atoms with Gasteiger partial charge in [-0.3, -0.25) is 0 Å². The van der Waals surface area contributed by atoms with Crippen molar-refractivity contribution in [1.82, 2.24) is 0 Å². The smallest absolute Gasteiger partial charge is 0.0661 e. The molecule has 1 heteroatoms. The van der Waals surface area contributed by atoms with Crippen molar-refractivity contribution in [2.45, 2.75) is 71.6 Å². The average Bonchev–Trinajstić information content (AvgIpc) is 2.83. The van der Waals surface area contributed by atoms with Gasteiger partial charge in [-0.25, -0.2) is 0 Å². The summed E-state index contributed by atoms with van der Waals surface area (Å²) < 4.78 is 0. The van der Waals surface area contributed by atoms with E-state index in [0.717, 1.165) is 24.2 Å². The summed E-state index contributed by atoms with van der Waals surface area (Å²) in [5, 5.41) is 9.54. The number of allylic oxidation sites excluding steroid dienone is 2. The van der Waals surface area contributed by atoms with E-state index in [2.05, 4.69) is 26.0 Å². The largest absolute Gasteiger partial charge is 0.198 e. The maximum atomic E-state index is 9.54. The monoisotopic (exact) mass is 283 g/mol. The molecule has 0 aromatic heterocycles. The number of hydrogen-bond acceptors (Lipinski definition) is 1. The maximum Gasteiger partial charge on any atom is 0.0661 e. The third-order valence-electron chi connectivity index (χ3n) is 8.17. The standard InChI is InChI=1S/C20H29N/c1-19-11-4-3-5-14(19)6-8-16-17-9-7-15(13-21)20(17,2)12-10-18(16)19/h6,15-18H,3-5,7-12H2,1-2H3/t15-,16+,17+,18+,19+,20-/m1/s1. The van der Waals surface area contributed by atoms with Crippen LogP contribution in [0.15, 0.2) is 11.6 Å². The highest BCUT2D eigenvalue weighted by molar-refractivity contribution is 5.24. The van der Waals surface area contributed by atoms with Crippen LogP contribution in [0.4, 0.5) is 0 Å². The lowest BCUT2D eigenvalue weighted by molar-refractivity contribution is -0.0337. The summed E-state index contributed by atoms with van der Waals surface area (Å²) in [4.78, 5) is 0. The Morgan fingerprint density at radius 3 is 2.76 bits per heavy atom. The van der Waals surface area contributed by atoms with Crippen LogP contribution in [0.1, 0.15) is 71.6 Å². The van der Waals surface area contributed by atoms with Gasteiger partial charge in [-0.2, -0.15) is 5.26 Å². The van der Waals surface area contributed by atoms with E-state index in [-0.39, 0.29) is 0 Å². The summed E-state index contributed by atoms with van der Waals surface area (Å²) in [5.74, 6) is 2.92. The number of nitriles is 1. The van der Waals surface area contributed by atoms with Crippen molar-refractivity contribution >= 4 is 0 Å². The van der Waals surface area contributed by atoms with Gasteiger partial charge in [0.25, 0.3) is 0 Å². The van der Waals surface area contributed by atoms with Crippen LogP contribution in [0.5, 0.6) is 0 Å². The molecule has 3 saturated carbocycles. The Kier molecular flexibility index (Phi) is 3.04. The molecule has 4 aliphatic carbocycles. The average molecular weight is 283 g/mol. The number of fused-ring (bicyclic) bond motifs is 5. The summed E-state index contributed by atoms with van der Waals surface area (Å²) in [6.45, 7) is 5.02. The normalized spacial score (nSPS) is 52.1. The molecule has 0 spiro atoms. The summed E-state index contributed by atoms with van der Waals surface area (Å²) in [6.07, 6.45) is 14.7. The molecule has 21 heavy (non-hydrogen) atoms. The van der Waals surface area contributed by atoms with Crippen LogP contribution in [0.25, 0.3) is 0 Å². The van der Waals surface area contributed by atoms with Gasteiger partial charge in [-0.05, 0) is 80.0 Å². The minimum absolute atomic E-state index is 0.326. The molecular weight excluding hydrogens is 254 g/mol. The number of rotatable bonds is 0. The summed E-state index contributed by atoms with van der Waals surface area (Å²) in [5.41, 5.74) is 2.63. The molecule has 4 rings (SSSR count). The van der Waals surface area contributed by atoms with Gasteiger partial charge in [0.05, 0.1) is 12.0 Å². The Bertz CT molecular complexity index is 512. The minimum Gasteiger partial charge on any atom is -0.198 e. The van der Waals surface area contributed by atoms with Crippen LogP contribution in [-0.2, 0) is 0 Å². The fourth-order valence-corrected chi connectivity index (χ4v) is 6.91. The molecule has 0 radical (unpaired) electrons. The molecule has 0 bridgehead atoms. The topological polar surface area (TPSA) is 23.8 Å². The zero-order valence-electron chi connectivity index (χ0n) is 13.7. The highest BCUT2D eigenvalue weighted by Gasteiger charge is 2.58. The first-order valence-corrected chi connectivity index (χ1v) is 9.19. The first-order chi connectivity index (χ1) is 10.1. The number of nitrogens with zero attached hydrogens (tertiary/aromatic N) is 1. The van der Waals surface area contributed by atoms with Crippen LogP contribution in [0, 0.1) is 45.8 Å². The Balaban J connectivity index is 1.69. The second-order valence-corrected chi connectivity index (χ2v) is 8.77. The summed E-state index contributed by atoms with van der Waals surface area (Å²) in [6, 6.07) is 2.65. The minimum atomic E-state index is 0.326. The molecule has 0 N–H and O–H groups in total. The van der Waals surface area contributed by atoms with E-state index in [1.165, 1.54) is 51.4 Å². The van der Waals surface area contributed by atoms with Crippen LogP contribution in [0.3, 0.4) is 0 Å². The van der Waals surface area contributed by atoms with Gasteiger partial charge in [0.15, 0.2) is 0 Å². The van der Waals surface area contributed by atoms with E-state index in [1.807, 2.05) is 0 Å². The van der Waals surface area contributed by atoms with Crippen LogP contribution < -0.4 is 0 Å². The zero-order chi connectivity index (χ0) is 14.7. The van der Waals surface area contributed by atoms with Gasteiger partial charge in [-0.1, -0.05) is 31.9 Å². The highest BCUT2D eigenvalue weighted by atomic mass is 14.6. The van der Waals surface area contributed by atoms with Crippen LogP contribution in [0.2, 0.25) is 0 Å². The fourth-order valence-electron chi connectivity index (χ4n) is 6.91. The molecule has 3 fully saturated rings. The predicted octanol–water partition coefficient (Wildman–Crippen LogP) is 5.48. The van der Waals surface area contributed by atoms with Gasteiger partial charge in [0, 0.05) is 0 Å². The Labute approximate surface area is 129 Å². The highest BCUT2D eigenvalue weighted by Crippen LogP contribution is 2.66. The first-order valence-electron chi connectivity index (χ1n) is 9.19. The molecular formula is C20H29N. The van der Waals surface area contributed by atoms with E-state index >= 15 is 0 Å². The molecule has 4 aliphatic rings. The van der Waals surface area contributed by atoms with E-state index in [0.29, 0.717) is 16.7 Å². The van der Waals surface area contributed by atoms with Gasteiger partial charge < -0.3 is 0 Å². The quantitative estimate of drug-likeness (QED) is 0.540. The molecule has 0 aromatic rings. The van der Waals surface area contributed by atoms with Crippen molar-refractivity contribution < 1.29 is 0 Å². The first kappa shape index (κ1) is 13.9. The van der Waals surface area contributed by atoms with Crippen LogP contribution in [-0.4, -0.2) is 0 Å². The summed E-state index contributed by atoms with van der Waals surface area (Å²) >= 11 is 0. The second-order valence-electron chi connectivity index (χ2n) is 8.77. The van der Waals surface area contributed by atoms with E-state index in [1.54, 1.807) is 5.57 Å². The Hall–Kier alpha value is -0.770. The number of hydrogen-bond donors (Lipinski definition) is 0. The van der Waals surface area contributed by atoms with Gasteiger partial charge in [0.2, 0.25) is 0 Å². The van der Waals surface area contributed by atoms with Crippen molar-refractivity contribution in [3.05, 3.63) is 11.6 Å². The van der Waals surface area contributed by atoms with Crippen molar-refractivity contribution in [3.63, 3.8) is 0 Å². The lowest BCUT2D eigenvalue weighted by Crippen LogP contribution is -2.49. The van der Waals surface area contributed by atoms with Gasteiger partial charge in [0.1, 0.15) is 0 Å². The molecule has 0 saturated heterocycles. The van der Waals surface area contributed by atoms with Gasteiger partial charge in [-0.15, -0.1) is 0 Å². The third kappa shape index (κ3) is 1.74.